The van der Waals surface area contributed by atoms with Gasteiger partial charge < -0.3 is 10.6 Å². The molecule has 0 aliphatic heterocycles. The topological polar surface area (TPSA) is 55.0 Å². The molecule has 3 aromatic rings. The number of nitrogen functional groups attached to an aromatic ring is 1. The molecule has 23 heavy (non-hydrogen) atoms. The molecule has 0 radical (unpaired) electrons. The summed E-state index contributed by atoms with van der Waals surface area (Å²) < 4.78 is 0. The summed E-state index contributed by atoms with van der Waals surface area (Å²) in [6.45, 7) is 3.40. The molecule has 116 valence electrons. The number of nitrogens with two attached hydrogens (primary N) is 1. The molecule has 1 heterocycles. The molecular weight excluding hydrogens is 284 g/mol. The third kappa shape index (κ3) is 4.07. The van der Waals surface area contributed by atoms with E-state index in [2.05, 4.69) is 39.1 Å². The van der Waals surface area contributed by atoms with Gasteiger partial charge in [-0.1, -0.05) is 60.7 Å². The van der Waals surface area contributed by atoms with Crippen molar-refractivity contribution in [3.8, 4) is 0 Å². The van der Waals surface area contributed by atoms with Crippen molar-refractivity contribution in [2.75, 3.05) is 10.6 Å². The van der Waals surface area contributed by atoms with Gasteiger partial charge in [0.2, 0.25) is 5.95 Å². The number of anilines is 2. The Bertz CT molecular complexity index is 695. The molecule has 3 rings (SSSR count). The molecule has 0 aliphatic rings. The second kappa shape index (κ2) is 6.92. The molecule has 0 unspecified atom stereocenters. The molecule has 4 nitrogen and oxygen atoms in total. The summed E-state index contributed by atoms with van der Waals surface area (Å²) in [6, 6.07) is 22.4. The van der Waals surface area contributed by atoms with Crippen molar-refractivity contribution in [1.29, 1.82) is 0 Å². The van der Waals surface area contributed by atoms with Crippen LogP contribution in [0.5, 0.6) is 0 Å². The molecule has 0 saturated heterocycles. The van der Waals surface area contributed by atoms with Crippen molar-refractivity contribution in [2.45, 2.75) is 20.0 Å². The number of hydrogen-bond acceptors (Lipinski definition) is 4. The second-order valence-corrected chi connectivity index (χ2v) is 5.56. The summed E-state index contributed by atoms with van der Waals surface area (Å²) in [5, 5.41) is 0. The Morgan fingerprint density at radius 2 is 1.35 bits per heavy atom. The number of nitrogens with zero attached hydrogens (tertiary/aromatic N) is 3. The lowest BCUT2D eigenvalue weighted by Gasteiger charge is -2.23. The van der Waals surface area contributed by atoms with E-state index in [1.807, 2.05) is 43.3 Å². The lowest BCUT2D eigenvalue weighted by atomic mass is 10.2. The molecule has 0 spiro atoms. The standard InChI is InChI=1S/C19H20N4/c1-15-12-18(20)22-19(21-15)23(13-16-8-4-2-5-9-16)14-17-10-6-3-7-11-17/h2-12H,13-14H2,1H3,(H2,20,21,22). The average Bonchev–Trinajstić information content (AvgIpc) is 2.55. The molecule has 0 saturated carbocycles. The molecule has 4 heteroatoms. The van der Waals surface area contributed by atoms with Crippen molar-refractivity contribution >= 4 is 11.8 Å². The Kier molecular flexibility index (Phi) is 4.52. The minimum Gasteiger partial charge on any atom is -0.384 e. The van der Waals surface area contributed by atoms with Gasteiger partial charge in [0.1, 0.15) is 5.82 Å². The number of aromatic nitrogens is 2. The molecular formula is C19H20N4. The highest BCUT2D eigenvalue weighted by Crippen LogP contribution is 2.18. The third-order valence-electron chi connectivity index (χ3n) is 3.58. The van der Waals surface area contributed by atoms with Crippen LogP contribution in [0.1, 0.15) is 16.8 Å². The maximum atomic E-state index is 5.91. The molecule has 0 fully saturated rings. The van der Waals surface area contributed by atoms with E-state index >= 15 is 0 Å². The van der Waals surface area contributed by atoms with Gasteiger partial charge in [-0.05, 0) is 18.1 Å². The first-order valence-corrected chi connectivity index (χ1v) is 7.64. The molecule has 0 bridgehead atoms. The van der Waals surface area contributed by atoms with E-state index in [9.17, 15) is 0 Å². The average molecular weight is 304 g/mol. The Morgan fingerprint density at radius 1 is 0.826 bits per heavy atom. The van der Waals surface area contributed by atoms with Crippen LogP contribution < -0.4 is 10.6 Å². The highest BCUT2D eigenvalue weighted by molar-refractivity contribution is 5.42. The Hall–Kier alpha value is -2.88. The summed E-state index contributed by atoms with van der Waals surface area (Å²) in [5.41, 5.74) is 9.21. The van der Waals surface area contributed by atoms with Crippen LogP contribution >= 0.6 is 0 Å². The molecule has 1 aromatic heterocycles. The zero-order valence-electron chi connectivity index (χ0n) is 13.2. The predicted octanol–water partition coefficient (Wildman–Crippen LogP) is 3.57. The van der Waals surface area contributed by atoms with E-state index < -0.39 is 0 Å². The lowest BCUT2D eigenvalue weighted by molar-refractivity contribution is 0.761. The van der Waals surface area contributed by atoms with E-state index in [0.717, 1.165) is 18.8 Å². The normalized spacial score (nSPS) is 10.5. The quantitative estimate of drug-likeness (QED) is 0.783. The first kappa shape index (κ1) is 15.0. The zero-order valence-corrected chi connectivity index (χ0v) is 13.2. The zero-order chi connectivity index (χ0) is 16.1. The maximum Gasteiger partial charge on any atom is 0.228 e. The van der Waals surface area contributed by atoms with Gasteiger partial charge in [-0.15, -0.1) is 0 Å². The molecule has 0 amide bonds. The fourth-order valence-electron chi connectivity index (χ4n) is 2.52. The number of benzene rings is 2. The van der Waals surface area contributed by atoms with Gasteiger partial charge in [-0.3, -0.25) is 0 Å². The van der Waals surface area contributed by atoms with Gasteiger partial charge >= 0.3 is 0 Å². The third-order valence-corrected chi connectivity index (χ3v) is 3.58. The van der Waals surface area contributed by atoms with E-state index in [4.69, 9.17) is 5.73 Å². The highest BCUT2D eigenvalue weighted by Gasteiger charge is 2.12. The Balaban J connectivity index is 1.92. The summed E-state index contributed by atoms with van der Waals surface area (Å²) >= 11 is 0. The summed E-state index contributed by atoms with van der Waals surface area (Å²) in [5.74, 6) is 1.16. The van der Waals surface area contributed by atoms with Crippen LogP contribution in [0.4, 0.5) is 11.8 Å². The van der Waals surface area contributed by atoms with Crippen LogP contribution in [0.15, 0.2) is 66.7 Å². The van der Waals surface area contributed by atoms with E-state index in [1.165, 1.54) is 11.1 Å². The minimum absolute atomic E-state index is 0.499. The first-order valence-electron chi connectivity index (χ1n) is 7.64. The molecule has 2 aromatic carbocycles. The highest BCUT2D eigenvalue weighted by atomic mass is 15.3. The molecule has 2 N–H and O–H groups in total. The lowest BCUT2D eigenvalue weighted by Crippen LogP contribution is -2.24. The van der Waals surface area contributed by atoms with Crippen LogP contribution in [0.3, 0.4) is 0 Å². The van der Waals surface area contributed by atoms with Crippen LogP contribution in [0.2, 0.25) is 0 Å². The van der Waals surface area contributed by atoms with Crippen LogP contribution in [0, 0.1) is 6.92 Å². The smallest absolute Gasteiger partial charge is 0.228 e. The van der Waals surface area contributed by atoms with E-state index in [-0.39, 0.29) is 0 Å². The summed E-state index contributed by atoms with van der Waals surface area (Å²) in [6.07, 6.45) is 0. The number of rotatable bonds is 5. The van der Waals surface area contributed by atoms with Gasteiger partial charge in [-0.2, -0.15) is 4.98 Å². The molecule has 0 atom stereocenters. The first-order chi connectivity index (χ1) is 11.2. The van der Waals surface area contributed by atoms with Crippen molar-refractivity contribution in [3.63, 3.8) is 0 Å². The van der Waals surface area contributed by atoms with Crippen molar-refractivity contribution in [1.82, 2.24) is 9.97 Å². The van der Waals surface area contributed by atoms with Crippen molar-refractivity contribution in [2.24, 2.45) is 0 Å². The van der Waals surface area contributed by atoms with Crippen LogP contribution in [0.25, 0.3) is 0 Å². The van der Waals surface area contributed by atoms with E-state index in [1.54, 1.807) is 6.07 Å². The summed E-state index contributed by atoms with van der Waals surface area (Å²) in [4.78, 5) is 11.1. The Morgan fingerprint density at radius 3 is 1.83 bits per heavy atom. The molecule has 0 aliphatic carbocycles. The van der Waals surface area contributed by atoms with Gasteiger partial charge in [0.25, 0.3) is 0 Å². The maximum absolute atomic E-state index is 5.91. The number of aryl methyl sites for hydroxylation is 1. The van der Waals surface area contributed by atoms with Gasteiger partial charge in [0, 0.05) is 24.8 Å². The second-order valence-electron chi connectivity index (χ2n) is 5.56. The van der Waals surface area contributed by atoms with Gasteiger partial charge in [-0.25, -0.2) is 4.98 Å². The summed E-state index contributed by atoms with van der Waals surface area (Å²) in [7, 11) is 0. The largest absolute Gasteiger partial charge is 0.384 e. The van der Waals surface area contributed by atoms with Crippen LogP contribution in [-0.4, -0.2) is 9.97 Å². The van der Waals surface area contributed by atoms with Crippen molar-refractivity contribution in [3.05, 3.63) is 83.6 Å². The number of hydrogen-bond donors (Lipinski definition) is 1. The predicted molar refractivity (Wildman–Crippen MR) is 94.0 cm³/mol. The van der Waals surface area contributed by atoms with E-state index in [0.29, 0.717) is 11.8 Å². The SMILES string of the molecule is Cc1cc(N)nc(N(Cc2ccccc2)Cc2ccccc2)n1. The minimum atomic E-state index is 0.499. The van der Waals surface area contributed by atoms with Crippen LogP contribution in [-0.2, 0) is 13.1 Å². The van der Waals surface area contributed by atoms with Gasteiger partial charge in [0.05, 0.1) is 0 Å². The Labute approximate surface area is 136 Å². The van der Waals surface area contributed by atoms with Gasteiger partial charge in [0.15, 0.2) is 0 Å². The van der Waals surface area contributed by atoms with Crippen molar-refractivity contribution < 1.29 is 0 Å². The fourth-order valence-corrected chi connectivity index (χ4v) is 2.52. The fraction of sp³-hybridized carbons (Fsp3) is 0.158. The monoisotopic (exact) mass is 304 g/mol.